The van der Waals surface area contributed by atoms with E-state index in [1.807, 2.05) is 36.4 Å². The van der Waals surface area contributed by atoms with Gasteiger partial charge >= 0.3 is 18.0 Å². The fourth-order valence-electron chi connectivity index (χ4n) is 2.18. The molecule has 0 bridgehead atoms. The number of carbonyl (C=O) groups is 3. The molecule has 27 heavy (non-hydrogen) atoms. The van der Waals surface area contributed by atoms with E-state index in [0.717, 1.165) is 11.1 Å². The molecule has 2 rings (SSSR count). The van der Waals surface area contributed by atoms with Gasteiger partial charge in [-0.2, -0.15) is 0 Å². The number of alkyl carbamates (subject to hydrolysis) is 1. The highest BCUT2D eigenvalue weighted by Crippen LogP contribution is 2.06. The van der Waals surface area contributed by atoms with Gasteiger partial charge in [0.15, 0.2) is 0 Å². The molecule has 0 heterocycles. The number of rotatable bonds is 8. The van der Waals surface area contributed by atoms with Crippen LogP contribution in [0.2, 0.25) is 0 Å². The van der Waals surface area contributed by atoms with E-state index in [-0.39, 0.29) is 19.6 Å². The maximum absolute atomic E-state index is 12.3. The molecule has 0 saturated heterocycles. The maximum atomic E-state index is 12.3. The number of esters is 2. The van der Waals surface area contributed by atoms with Crippen LogP contribution < -0.4 is 5.32 Å². The van der Waals surface area contributed by atoms with Crippen LogP contribution in [0.15, 0.2) is 60.7 Å². The lowest BCUT2D eigenvalue weighted by molar-refractivity contribution is -0.152. The predicted molar refractivity (Wildman–Crippen MR) is 96.4 cm³/mol. The van der Waals surface area contributed by atoms with Crippen LogP contribution in [-0.2, 0) is 37.0 Å². The summed E-state index contributed by atoms with van der Waals surface area (Å²) in [7, 11) is 1.20. The molecule has 0 aliphatic heterocycles. The minimum atomic E-state index is -1.20. The molecule has 0 saturated carbocycles. The smallest absolute Gasteiger partial charge is 0.408 e. The SMILES string of the molecule is COC(=O)C[C@H](NC(=O)OCc1ccccc1)C(=O)OCc1ccccc1. The number of ether oxygens (including phenoxy) is 3. The van der Waals surface area contributed by atoms with Crippen molar-refractivity contribution in [2.24, 2.45) is 0 Å². The Bertz CT molecular complexity index is 748. The fourth-order valence-corrected chi connectivity index (χ4v) is 2.18. The van der Waals surface area contributed by atoms with E-state index < -0.39 is 24.1 Å². The van der Waals surface area contributed by atoms with Crippen molar-refractivity contribution in [2.75, 3.05) is 7.11 Å². The Labute approximate surface area is 157 Å². The Morgan fingerprint density at radius 3 is 1.89 bits per heavy atom. The minimum absolute atomic E-state index is 0.0259. The van der Waals surface area contributed by atoms with E-state index in [9.17, 15) is 14.4 Å². The highest BCUT2D eigenvalue weighted by atomic mass is 16.6. The molecule has 7 heteroatoms. The Morgan fingerprint density at radius 1 is 0.852 bits per heavy atom. The molecule has 0 spiro atoms. The van der Waals surface area contributed by atoms with Crippen molar-refractivity contribution < 1.29 is 28.6 Å². The standard InChI is InChI=1S/C20H21NO6/c1-25-18(22)12-17(19(23)26-13-15-8-4-2-5-9-15)21-20(24)27-14-16-10-6-3-7-11-16/h2-11,17H,12-14H2,1H3,(H,21,24)/t17-/m0/s1. The van der Waals surface area contributed by atoms with Crippen LogP contribution in [0.5, 0.6) is 0 Å². The topological polar surface area (TPSA) is 90.9 Å². The Balaban J connectivity index is 1.90. The normalized spacial score (nSPS) is 11.1. The highest BCUT2D eigenvalue weighted by Gasteiger charge is 2.26. The summed E-state index contributed by atoms with van der Waals surface area (Å²) in [5, 5.41) is 2.35. The van der Waals surface area contributed by atoms with Gasteiger partial charge in [0.2, 0.25) is 0 Å². The first kappa shape index (κ1) is 20.0. The van der Waals surface area contributed by atoms with Crippen molar-refractivity contribution in [3.05, 3.63) is 71.8 Å². The molecule has 0 aliphatic carbocycles. The van der Waals surface area contributed by atoms with Gasteiger partial charge in [-0.3, -0.25) is 4.79 Å². The van der Waals surface area contributed by atoms with E-state index in [0.29, 0.717) is 0 Å². The van der Waals surface area contributed by atoms with Crippen LogP contribution in [-0.4, -0.2) is 31.2 Å². The molecule has 142 valence electrons. The molecule has 2 aromatic rings. The van der Waals surface area contributed by atoms with Gasteiger partial charge in [0.1, 0.15) is 19.3 Å². The molecule has 0 radical (unpaired) electrons. The van der Waals surface area contributed by atoms with Crippen LogP contribution in [0.4, 0.5) is 4.79 Å². The number of amides is 1. The van der Waals surface area contributed by atoms with Crippen molar-refractivity contribution in [2.45, 2.75) is 25.7 Å². The molecule has 0 fully saturated rings. The number of carbonyl (C=O) groups excluding carboxylic acids is 3. The summed E-state index contributed by atoms with van der Waals surface area (Å²) in [6, 6.07) is 16.9. The van der Waals surface area contributed by atoms with Crippen molar-refractivity contribution >= 4 is 18.0 Å². The number of methoxy groups -OCH3 is 1. The second kappa shape index (κ2) is 10.6. The first-order chi connectivity index (χ1) is 13.1. The second-order valence-electron chi connectivity index (χ2n) is 5.63. The van der Waals surface area contributed by atoms with Gasteiger partial charge in [-0.25, -0.2) is 9.59 Å². The Kier molecular flexibility index (Phi) is 7.84. The molecule has 0 unspecified atom stereocenters. The summed E-state index contributed by atoms with van der Waals surface area (Å²) in [6.45, 7) is 0.0643. The summed E-state index contributed by atoms with van der Waals surface area (Å²) in [6.07, 6.45) is -1.19. The molecule has 0 aromatic heterocycles. The first-order valence-corrected chi connectivity index (χ1v) is 8.33. The Morgan fingerprint density at radius 2 is 1.37 bits per heavy atom. The number of hydrogen-bond acceptors (Lipinski definition) is 6. The first-order valence-electron chi connectivity index (χ1n) is 8.33. The monoisotopic (exact) mass is 371 g/mol. The zero-order valence-corrected chi connectivity index (χ0v) is 14.9. The van der Waals surface area contributed by atoms with Crippen molar-refractivity contribution in [1.29, 1.82) is 0 Å². The van der Waals surface area contributed by atoms with Gasteiger partial charge < -0.3 is 19.5 Å². The molecular weight excluding hydrogens is 350 g/mol. The number of hydrogen-bond donors (Lipinski definition) is 1. The van der Waals surface area contributed by atoms with Gasteiger partial charge in [-0.1, -0.05) is 60.7 Å². The van der Waals surface area contributed by atoms with Crippen LogP contribution >= 0.6 is 0 Å². The lowest BCUT2D eigenvalue weighted by Gasteiger charge is -2.16. The van der Waals surface area contributed by atoms with Gasteiger partial charge in [0, 0.05) is 0 Å². The predicted octanol–water partition coefficient (Wildman–Crippen LogP) is 2.59. The molecule has 7 nitrogen and oxygen atoms in total. The number of nitrogens with one attached hydrogen (secondary N) is 1. The lowest BCUT2D eigenvalue weighted by atomic mass is 10.2. The zero-order valence-electron chi connectivity index (χ0n) is 14.9. The minimum Gasteiger partial charge on any atom is -0.469 e. The third-order valence-electron chi connectivity index (χ3n) is 3.61. The van der Waals surface area contributed by atoms with Gasteiger partial charge in [-0.15, -0.1) is 0 Å². The molecule has 2 aromatic carbocycles. The van der Waals surface area contributed by atoms with Gasteiger partial charge in [-0.05, 0) is 11.1 Å². The average molecular weight is 371 g/mol. The molecular formula is C20H21NO6. The van der Waals surface area contributed by atoms with Crippen LogP contribution in [0.3, 0.4) is 0 Å². The van der Waals surface area contributed by atoms with E-state index >= 15 is 0 Å². The van der Waals surface area contributed by atoms with E-state index in [1.165, 1.54) is 7.11 Å². The van der Waals surface area contributed by atoms with E-state index in [1.54, 1.807) is 24.3 Å². The average Bonchev–Trinajstić information content (AvgIpc) is 2.71. The molecule has 1 amide bonds. The van der Waals surface area contributed by atoms with Crippen molar-refractivity contribution in [3.8, 4) is 0 Å². The maximum Gasteiger partial charge on any atom is 0.408 e. The lowest BCUT2D eigenvalue weighted by Crippen LogP contribution is -2.43. The third-order valence-corrected chi connectivity index (χ3v) is 3.61. The van der Waals surface area contributed by atoms with Crippen LogP contribution in [0, 0.1) is 0 Å². The molecule has 0 aliphatic rings. The quantitative estimate of drug-likeness (QED) is 0.567. The third kappa shape index (κ3) is 7.19. The summed E-state index contributed by atoms with van der Waals surface area (Å²) >= 11 is 0. The second-order valence-corrected chi connectivity index (χ2v) is 5.63. The Hall–Kier alpha value is -3.35. The molecule has 1 N–H and O–H groups in total. The highest BCUT2D eigenvalue weighted by molar-refractivity contribution is 5.86. The summed E-state index contributed by atoms with van der Waals surface area (Å²) in [5.74, 6) is -1.40. The van der Waals surface area contributed by atoms with E-state index in [4.69, 9.17) is 9.47 Å². The van der Waals surface area contributed by atoms with Crippen molar-refractivity contribution in [1.82, 2.24) is 5.32 Å². The largest absolute Gasteiger partial charge is 0.469 e. The van der Waals surface area contributed by atoms with Gasteiger partial charge in [0.05, 0.1) is 13.5 Å². The zero-order chi connectivity index (χ0) is 19.5. The summed E-state index contributed by atoms with van der Waals surface area (Å²) in [5.41, 5.74) is 1.58. The molecule has 1 atom stereocenters. The van der Waals surface area contributed by atoms with Crippen LogP contribution in [0.1, 0.15) is 17.5 Å². The van der Waals surface area contributed by atoms with Crippen LogP contribution in [0.25, 0.3) is 0 Å². The summed E-state index contributed by atoms with van der Waals surface area (Å²) in [4.78, 5) is 35.8. The van der Waals surface area contributed by atoms with Crippen molar-refractivity contribution in [3.63, 3.8) is 0 Å². The fraction of sp³-hybridized carbons (Fsp3) is 0.250. The van der Waals surface area contributed by atoms with Gasteiger partial charge in [0.25, 0.3) is 0 Å². The number of benzene rings is 2. The summed E-state index contributed by atoms with van der Waals surface area (Å²) < 4.78 is 14.8. The van der Waals surface area contributed by atoms with E-state index in [2.05, 4.69) is 10.1 Å².